The van der Waals surface area contributed by atoms with Gasteiger partial charge in [0.25, 0.3) is 5.56 Å². The van der Waals surface area contributed by atoms with Gasteiger partial charge in [-0.1, -0.05) is 5.11 Å². The molecule has 0 aromatic carbocycles. The number of H-pyrrole nitrogens is 1. The predicted molar refractivity (Wildman–Crippen MR) is 62.4 cm³/mol. The van der Waals surface area contributed by atoms with Crippen molar-refractivity contribution in [1.29, 1.82) is 0 Å². The van der Waals surface area contributed by atoms with Crippen LogP contribution in [-0.2, 0) is 4.74 Å². The van der Waals surface area contributed by atoms with Crippen molar-refractivity contribution < 1.29 is 20.1 Å². The molecule has 1 unspecified atom stereocenters. The van der Waals surface area contributed by atoms with Crippen LogP contribution in [0, 0.1) is 0 Å². The second kappa shape index (κ2) is 5.07. The van der Waals surface area contributed by atoms with Crippen molar-refractivity contribution in [2.24, 2.45) is 5.11 Å². The van der Waals surface area contributed by atoms with Gasteiger partial charge in [0.15, 0.2) is 6.23 Å². The van der Waals surface area contributed by atoms with Crippen molar-refractivity contribution in [3.8, 4) is 0 Å². The van der Waals surface area contributed by atoms with Crippen molar-refractivity contribution in [1.82, 2.24) is 9.55 Å². The van der Waals surface area contributed by atoms with Gasteiger partial charge in [-0.2, -0.15) is 0 Å². The van der Waals surface area contributed by atoms with Crippen molar-refractivity contribution >= 4 is 0 Å². The lowest BCUT2D eigenvalue weighted by Crippen LogP contribution is -2.44. The van der Waals surface area contributed by atoms with Gasteiger partial charge in [0.05, 0.1) is 6.61 Å². The highest BCUT2D eigenvalue weighted by Crippen LogP contribution is 2.37. The monoisotopic (exact) mass is 285 g/mol. The lowest BCUT2D eigenvalue weighted by Gasteiger charge is -2.23. The summed E-state index contributed by atoms with van der Waals surface area (Å²) in [6.45, 7) is -0.899. The first kappa shape index (κ1) is 14.2. The Morgan fingerprint density at radius 3 is 2.80 bits per heavy atom. The van der Waals surface area contributed by atoms with Crippen LogP contribution in [0.25, 0.3) is 10.4 Å². The van der Waals surface area contributed by atoms with Crippen LogP contribution < -0.4 is 11.2 Å². The van der Waals surface area contributed by atoms with Crippen LogP contribution in [0.3, 0.4) is 0 Å². The van der Waals surface area contributed by atoms with Crippen LogP contribution in [0.2, 0.25) is 0 Å². The number of nitrogens with one attached hydrogen (secondary N) is 1. The molecule has 0 aliphatic carbocycles. The zero-order valence-electron chi connectivity index (χ0n) is 9.95. The van der Waals surface area contributed by atoms with E-state index in [4.69, 9.17) is 10.3 Å². The Kier molecular flexibility index (Phi) is 3.61. The average molecular weight is 285 g/mol. The summed E-state index contributed by atoms with van der Waals surface area (Å²) >= 11 is 0. The van der Waals surface area contributed by atoms with Gasteiger partial charge in [0, 0.05) is 17.2 Å². The van der Waals surface area contributed by atoms with Crippen LogP contribution in [0.15, 0.2) is 27.0 Å². The fourth-order valence-electron chi connectivity index (χ4n) is 1.94. The number of aromatic nitrogens is 2. The van der Waals surface area contributed by atoms with Crippen molar-refractivity contribution in [2.45, 2.75) is 24.2 Å². The maximum absolute atomic E-state index is 11.6. The summed E-state index contributed by atoms with van der Waals surface area (Å²) < 4.78 is 5.95. The molecule has 0 radical (unpaired) electrons. The smallest absolute Gasteiger partial charge is 0.330 e. The fourth-order valence-corrected chi connectivity index (χ4v) is 1.94. The molecule has 1 aromatic rings. The number of hydrogen-bond donors (Lipinski definition) is 4. The maximum atomic E-state index is 11.6. The van der Waals surface area contributed by atoms with Gasteiger partial charge in [-0.05, 0) is 5.53 Å². The Bertz CT molecular complexity index is 663. The van der Waals surface area contributed by atoms with Gasteiger partial charge in [0.1, 0.15) is 12.2 Å². The summed E-state index contributed by atoms with van der Waals surface area (Å²) in [6, 6.07) is 1.01. The van der Waals surface area contributed by atoms with Gasteiger partial charge in [-0.25, -0.2) is 4.79 Å². The van der Waals surface area contributed by atoms with E-state index in [-0.39, 0.29) is 0 Å². The highest BCUT2D eigenvalue weighted by atomic mass is 16.6. The van der Waals surface area contributed by atoms with E-state index in [1.807, 2.05) is 4.98 Å². The number of aromatic amines is 1. The molecular weight excluding hydrogens is 274 g/mol. The molecule has 108 valence electrons. The minimum Gasteiger partial charge on any atom is -0.393 e. The summed E-state index contributed by atoms with van der Waals surface area (Å²) in [6.07, 6.45) is -3.76. The molecule has 4 atom stereocenters. The molecule has 1 aromatic heterocycles. The molecule has 4 N–H and O–H groups in total. The van der Waals surface area contributed by atoms with E-state index >= 15 is 0 Å². The summed E-state index contributed by atoms with van der Waals surface area (Å²) in [5.74, 6) is 0. The van der Waals surface area contributed by atoms with Crippen LogP contribution in [0.5, 0.6) is 0 Å². The number of aliphatic hydroxyl groups excluding tert-OH is 3. The lowest BCUT2D eigenvalue weighted by atomic mass is 10.1. The molecule has 11 nitrogen and oxygen atoms in total. The first-order chi connectivity index (χ1) is 9.45. The third-order valence-corrected chi connectivity index (χ3v) is 2.97. The summed E-state index contributed by atoms with van der Waals surface area (Å²) in [4.78, 5) is 26.9. The molecule has 1 saturated heterocycles. The van der Waals surface area contributed by atoms with Crippen LogP contribution in [-0.4, -0.2) is 49.4 Å². The zero-order chi connectivity index (χ0) is 14.9. The fraction of sp³-hybridized carbons (Fsp3) is 0.556. The van der Waals surface area contributed by atoms with E-state index in [0.717, 1.165) is 16.8 Å². The number of ether oxygens (including phenoxy) is 1. The topological polar surface area (TPSA) is 174 Å². The van der Waals surface area contributed by atoms with E-state index in [1.54, 1.807) is 0 Å². The summed E-state index contributed by atoms with van der Waals surface area (Å²) in [5, 5.41) is 32.1. The third-order valence-electron chi connectivity index (χ3n) is 2.97. The second-order valence-electron chi connectivity index (χ2n) is 4.15. The summed E-state index contributed by atoms with van der Waals surface area (Å²) in [5.41, 5.74) is 4.79. The molecule has 0 bridgehead atoms. The second-order valence-corrected chi connectivity index (χ2v) is 4.15. The quantitative estimate of drug-likeness (QED) is 0.278. The molecule has 0 saturated carbocycles. The number of rotatable bonds is 3. The van der Waals surface area contributed by atoms with Crippen LogP contribution >= 0.6 is 0 Å². The van der Waals surface area contributed by atoms with Gasteiger partial charge >= 0.3 is 5.69 Å². The van der Waals surface area contributed by atoms with Gasteiger partial charge in [0.2, 0.25) is 5.72 Å². The Hall–Kier alpha value is -2.17. The minimum absolute atomic E-state index is 0.650. The van der Waals surface area contributed by atoms with Gasteiger partial charge in [-0.15, -0.1) is 0 Å². The normalized spacial score (nSPS) is 32.9. The molecule has 20 heavy (non-hydrogen) atoms. The van der Waals surface area contributed by atoms with Crippen molar-refractivity contribution in [2.75, 3.05) is 6.61 Å². The molecule has 2 rings (SSSR count). The van der Waals surface area contributed by atoms with Crippen molar-refractivity contribution in [3.05, 3.63) is 43.5 Å². The molecular formula is C9H11N5O6. The van der Waals surface area contributed by atoms with E-state index in [1.165, 1.54) is 0 Å². The zero-order valence-corrected chi connectivity index (χ0v) is 9.95. The highest BCUT2D eigenvalue weighted by Gasteiger charge is 2.54. The molecule has 11 heteroatoms. The van der Waals surface area contributed by atoms with Gasteiger partial charge in [-0.3, -0.25) is 14.3 Å². The number of azide groups is 1. The maximum Gasteiger partial charge on any atom is 0.330 e. The number of nitrogens with zero attached hydrogens (tertiary/aromatic N) is 4. The van der Waals surface area contributed by atoms with E-state index in [9.17, 15) is 24.9 Å². The third kappa shape index (κ3) is 2.09. The SMILES string of the molecule is [N-]=[N+]=NC1(CO)O[C@@H](n2ccc(=O)[nH]c2=O)[C@@H](O)[C@H]1O. The lowest BCUT2D eigenvalue weighted by molar-refractivity contribution is -0.125. The predicted octanol–water partition coefficient (Wildman–Crippen LogP) is -2.21. The standard InChI is InChI=1S/C9H11N5O6/c10-13-12-9(3-15)6(18)5(17)7(20-9)14-2-1-4(16)11-8(14)19/h1-2,5-7,15,17-18H,3H2,(H,11,16,19)/t5-,6+,7+,9?/m0/s1. The van der Waals surface area contributed by atoms with E-state index in [2.05, 4.69) is 10.0 Å². The Labute approximate surface area is 110 Å². The first-order valence-corrected chi connectivity index (χ1v) is 5.48. The molecule has 0 spiro atoms. The Morgan fingerprint density at radius 2 is 2.25 bits per heavy atom. The number of aliphatic hydroxyl groups is 3. The Morgan fingerprint density at radius 1 is 1.55 bits per heavy atom. The first-order valence-electron chi connectivity index (χ1n) is 5.48. The molecule has 1 aliphatic rings. The van der Waals surface area contributed by atoms with E-state index in [0.29, 0.717) is 0 Å². The van der Waals surface area contributed by atoms with Crippen molar-refractivity contribution in [3.63, 3.8) is 0 Å². The largest absolute Gasteiger partial charge is 0.393 e. The molecule has 2 heterocycles. The molecule has 0 amide bonds. The highest BCUT2D eigenvalue weighted by molar-refractivity contribution is 5.00. The van der Waals surface area contributed by atoms with Crippen LogP contribution in [0.4, 0.5) is 0 Å². The molecule has 1 fully saturated rings. The average Bonchev–Trinajstić information content (AvgIpc) is 2.65. The molecule has 1 aliphatic heterocycles. The summed E-state index contributed by atoms with van der Waals surface area (Å²) in [7, 11) is 0. The van der Waals surface area contributed by atoms with E-state index < -0.39 is 42.0 Å². The Balaban J connectivity index is 2.47. The van der Waals surface area contributed by atoms with Gasteiger partial charge < -0.3 is 20.1 Å². The minimum atomic E-state index is -2.10. The van der Waals surface area contributed by atoms with Crippen LogP contribution in [0.1, 0.15) is 6.23 Å². The number of hydrogen-bond acceptors (Lipinski definition) is 7.